The number of rotatable bonds is 7. The molecule has 0 spiro atoms. The standard InChI is InChI=1S/C37H31N3S/c1-38-22-25(23-40-37-36(39-2)32-19-9-10-21-33(32)41-37)34-28-15-5-7-17-30(28)35(31-18-8-6-16-29(31)34)27-20-11-13-24-12-3-4-14-26(24)27/h3-21,23,38-40H,22H2,1-2H3/b25-23+. The quantitative estimate of drug-likeness (QED) is 0.173. The van der Waals surface area contributed by atoms with Crippen LogP contribution in [0.1, 0.15) is 5.56 Å². The molecule has 0 amide bonds. The van der Waals surface area contributed by atoms with Gasteiger partial charge in [-0.15, -0.1) is 11.3 Å². The van der Waals surface area contributed by atoms with E-state index < -0.39 is 0 Å². The zero-order valence-corrected chi connectivity index (χ0v) is 24.0. The molecule has 0 radical (unpaired) electrons. The van der Waals surface area contributed by atoms with Crippen LogP contribution in [-0.2, 0) is 0 Å². The molecule has 6 aromatic carbocycles. The molecular weight excluding hydrogens is 518 g/mol. The van der Waals surface area contributed by atoms with Crippen molar-refractivity contribution in [3.8, 4) is 11.1 Å². The largest absolute Gasteiger partial charge is 0.385 e. The van der Waals surface area contributed by atoms with Crippen molar-refractivity contribution in [1.82, 2.24) is 5.32 Å². The number of nitrogens with one attached hydrogen (secondary N) is 3. The average Bonchev–Trinajstić information content (AvgIpc) is 3.39. The van der Waals surface area contributed by atoms with E-state index >= 15 is 0 Å². The first-order valence-corrected chi connectivity index (χ1v) is 14.8. The van der Waals surface area contributed by atoms with Gasteiger partial charge in [-0.25, -0.2) is 0 Å². The highest BCUT2D eigenvalue weighted by Crippen LogP contribution is 2.44. The third kappa shape index (κ3) is 4.33. The summed E-state index contributed by atoms with van der Waals surface area (Å²) in [4.78, 5) is 0. The Bertz CT molecular complexity index is 2020. The minimum Gasteiger partial charge on any atom is -0.385 e. The van der Waals surface area contributed by atoms with Crippen LogP contribution in [0.15, 0.2) is 121 Å². The minimum absolute atomic E-state index is 0.731. The predicted octanol–water partition coefficient (Wildman–Crippen LogP) is 9.74. The number of fused-ring (bicyclic) bond motifs is 4. The van der Waals surface area contributed by atoms with Gasteiger partial charge in [-0.05, 0) is 67.7 Å². The Kier molecular flexibility index (Phi) is 6.63. The molecule has 0 fully saturated rings. The highest BCUT2D eigenvalue weighted by Gasteiger charge is 2.19. The van der Waals surface area contributed by atoms with Crippen molar-refractivity contribution in [2.45, 2.75) is 0 Å². The SMILES string of the molecule is CNC/C(=C\Nc1sc2ccccc2c1NC)c1c2ccccc2c(-c2cccc3ccccc23)c2ccccc12. The van der Waals surface area contributed by atoms with Crippen molar-refractivity contribution < 1.29 is 0 Å². The van der Waals surface area contributed by atoms with Crippen molar-refractivity contribution >= 4 is 70.0 Å². The summed E-state index contributed by atoms with van der Waals surface area (Å²) in [5, 5.41) is 20.5. The number of benzene rings is 6. The fourth-order valence-corrected chi connectivity index (χ4v) is 7.24. The van der Waals surface area contributed by atoms with Crippen LogP contribution in [0.4, 0.5) is 10.7 Å². The fourth-order valence-electron chi connectivity index (χ4n) is 6.16. The van der Waals surface area contributed by atoms with Gasteiger partial charge >= 0.3 is 0 Å². The Morgan fingerprint density at radius 2 is 1.22 bits per heavy atom. The van der Waals surface area contributed by atoms with E-state index in [1.54, 1.807) is 11.3 Å². The van der Waals surface area contributed by atoms with Crippen LogP contribution < -0.4 is 16.0 Å². The molecule has 0 aliphatic heterocycles. The van der Waals surface area contributed by atoms with E-state index in [9.17, 15) is 0 Å². The van der Waals surface area contributed by atoms with Crippen molar-refractivity contribution in [3.05, 3.63) is 127 Å². The molecule has 3 N–H and O–H groups in total. The van der Waals surface area contributed by atoms with Crippen LogP contribution in [-0.4, -0.2) is 20.6 Å². The molecule has 0 aliphatic carbocycles. The first-order valence-electron chi connectivity index (χ1n) is 14.0. The van der Waals surface area contributed by atoms with E-state index in [1.165, 1.54) is 64.7 Å². The minimum atomic E-state index is 0.731. The maximum Gasteiger partial charge on any atom is 0.117 e. The maximum absolute atomic E-state index is 3.69. The van der Waals surface area contributed by atoms with Crippen LogP contribution in [0.2, 0.25) is 0 Å². The molecule has 0 aliphatic rings. The van der Waals surface area contributed by atoms with E-state index in [2.05, 4.69) is 137 Å². The zero-order valence-electron chi connectivity index (χ0n) is 23.2. The molecule has 3 nitrogen and oxygen atoms in total. The molecule has 41 heavy (non-hydrogen) atoms. The molecule has 200 valence electrons. The summed E-state index contributed by atoms with van der Waals surface area (Å²) >= 11 is 1.77. The second-order valence-electron chi connectivity index (χ2n) is 10.3. The van der Waals surface area contributed by atoms with E-state index in [4.69, 9.17) is 0 Å². The first-order chi connectivity index (χ1) is 20.3. The summed E-state index contributed by atoms with van der Waals surface area (Å²) in [6, 6.07) is 41.6. The highest BCUT2D eigenvalue weighted by atomic mass is 32.1. The lowest BCUT2D eigenvalue weighted by Gasteiger charge is -2.20. The molecule has 0 saturated heterocycles. The van der Waals surface area contributed by atoms with Crippen molar-refractivity contribution in [2.24, 2.45) is 0 Å². The van der Waals surface area contributed by atoms with Gasteiger partial charge in [-0.1, -0.05) is 109 Å². The number of hydrogen-bond donors (Lipinski definition) is 3. The average molecular weight is 550 g/mol. The Labute approximate surface area is 244 Å². The van der Waals surface area contributed by atoms with E-state index in [0.717, 1.165) is 17.2 Å². The molecule has 7 rings (SSSR count). The molecule has 0 unspecified atom stereocenters. The zero-order chi connectivity index (χ0) is 27.8. The maximum atomic E-state index is 3.69. The van der Waals surface area contributed by atoms with Crippen LogP contribution in [0.25, 0.3) is 59.1 Å². The van der Waals surface area contributed by atoms with Gasteiger partial charge < -0.3 is 16.0 Å². The molecule has 0 atom stereocenters. The monoisotopic (exact) mass is 549 g/mol. The smallest absolute Gasteiger partial charge is 0.117 e. The lowest BCUT2D eigenvalue weighted by molar-refractivity contribution is 0.932. The molecule has 7 aromatic rings. The van der Waals surface area contributed by atoms with Gasteiger partial charge in [0.15, 0.2) is 0 Å². The summed E-state index contributed by atoms with van der Waals surface area (Å²) in [6.45, 7) is 0.731. The van der Waals surface area contributed by atoms with Gasteiger partial charge in [0.25, 0.3) is 0 Å². The molecule has 0 saturated carbocycles. The molecule has 4 heteroatoms. The van der Waals surface area contributed by atoms with Gasteiger partial charge in [0, 0.05) is 29.9 Å². The third-order valence-electron chi connectivity index (χ3n) is 7.90. The van der Waals surface area contributed by atoms with E-state index in [1.807, 2.05) is 14.1 Å². The molecular formula is C37H31N3S. The van der Waals surface area contributed by atoms with Gasteiger partial charge in [0.1, 0.15) is 5.00 Å². The number of anilines is 2. The summed E-state index contributed by atoms with van der Waals surface area (Å²) in [7, 11) is 4.01. The summed E-state index contributed by atoms with van der Waals surface area (Å²) < 4.78 is 1.26. The topological polar surface area (TPSA) is 36.1 Å². The van der Waals surface area contributed by atoms with Crippen LogP contribution in [0.5, 0.6) is 0 Å². The van der Waals surface area contributed by atoms with Gasteiger partial charge in [0.05, 0.1) is 5.69 Å². The van der Waals surface area contributed by atoms with Crippen LogP contribution in [0.3, 0.4) is 0 Å². The van der Waals surface area contributed by atoms with E-state index in [-0.39, 0.29) is 0 Å². The summed E-state index contributed by atoms with van der Waals surface area (Å²) in [5.41, 5.74) is 6.16. The lowest BCUT2D eigenvalue weighted by atomic mass is 9.84. The fraction of sp³-hybridized carbons (Fsp3) is 0.0811. The Hall–Kier alpha value is -4.64. The third-order valence-corrected chi connectivity index (χ3v) is 9.00. The molecule has 1 aromatic heterocycles. The number of hydrogen-bond acceptors (Lipinski definition) is 4. The van der Waals surface area contributed by atoms with Crippen LogP contribution >= 0.6 is 11.3 Å². The Balaban J connectivity index is 1.49. The lowest BCUT2D eigenvalue weighted by Crippen LogP contribution is -2.12. The highest BCUT2D eigenvalue weighted by molar-refractivity contribution is 7.23. The Morgan fingerprint density at radius 3 is 1.90 bits per heavy atom. The molecule has 1 heterocycles. The summed E-state index contributed by atoms with van der Waals surface area (Å²) in [5.74, 6) is 0. The van der Waals surface area contributed by atoms with Crippen molar-refractivity contribution in [2.75, 3.05) is 31.3 Å². The first kappa shape index (κ1) is 25.3. The van der Waals surface area contributed by atoms with E-state index in [0.29, 0.717) is 0 Å². The van der Waals surface area contributed by atoms with Crippen molar-refractivity contribution in [3.63, 3.8) is 0 Å². The second-order valence-corrected chi connectivity index (χ2v) is 11.3. The molecule has 0 bridgehead atoms. The van der Waals surface area contributed by atoms with Gasteiger partial charge in [0.2, 0.25) is 0 Å². The van der Waals surface area contributed by atoms with Crippen molar-refractivity contribution in [1.29, 1.82) is 0 Å². The second kappa shape index (κ2) is 10.7. The predicted molar refractivity (Wildman–Crippen MR) is 181 cm³/mol. The number of likely N-dealkylation sites (N-methyl/N-ethyl adjacent to an activating group) is 1. The van der Waals surface area contributed by atoms with Crippen LogP contribution in [0, 0.1) is 0 Å². The Morgan fingerprint density at radius 1 is 0.634 bits per heavy atom. The summed E-state index contributed by atoms with van der Waals surface area (Å²) in [6.07, 6.45) is 2.19. The normalized spacial score (nSPS) is 12.0. The van der Waals surface area contributed by atoms with Gasteiger partial charge in [-0.3, -0.25) is 0 Å². The van der Waals surface area contributed by atoms with Gasteiger partial charge in [-0.2, -0.15) is 0 Å². The number of thiophene rings is 1.